The first kappa shape index (κ1) is 20.4. The molecule has 158 valence electrons. The molecule has 2 aromatic heterocycles. The van der Waals surface area contributed by atoms with Crippen molar-refractivity contribution in [1.29, 1.82) is 0 Å². The maximum absolute atomic E-state index is 12.9. The van der Waals surface area contributed by atoms with Crippen molar-refractivity contribution < 1.29 is 4.79 Å². The molecule has 0 spiro atoms. The Morgan fingerprint density at radius 3 is 2.43 bits per heavy atom. The number of aromatic nitrogens is 3. The van der Waals surface area contributed by atoms with Crippen molar-refractivity contribution >= 4 is 22.6 Å². The topological polar surface area (TPSA) is 54.3 Å². The monoisotopic (exact) mass is 405 g/mol. The van der Waals surface area contributed by atoms with E-state index in [1.807, 2.05) is 28.8 Å². The second kappa shape index (κ2) is 8.46. The molecule has 1 aliphatic rings. The number of anilines is 1. The smallest absolute Gasteiger partial charge is 0.223 e. The summed E-state index contributed by atoms with van der Waals surface area (Å²) in [6.07, 6.45) is 3.16. The number of piperazine rings is 1. The number of rotatable bonds is 5. The minimum Gasteiger partial charge on any atom is -0.368 e. The Hall–Kier alpha value is -2.89. The molecule has 6 heteroatoms. The van der Waals surface area contributed by atoms with Gasteiger partial charge in [-0.1, -0.05) is 18.2 Å². The zero-order valence-corrected chi connectivity index (χ0v) is 18.4. The Morgan fingerprint density at radius 2 is 1.77 bits per heavy atom. The normalized spacial score (nSPS) is 14.7. The maximum Gasteiger partial charge on any atom is 0.223 e. The number of amides is 1. The summed E-state index contributed by atoms with van der Waals surface area (Å²) in [5, 5.41) is 5.60. The minimum absolute atomic E-state index is 0.236. The molecule has 1 aromatic carbocycles. The van der Waals surface area contributed by atoms with Gasteiger partial charge in [-0.25, -0.2) is 9.67 Å². The van der Waals surface area contributed by atoms with Gasteiger partial charge in [0.2, 0.25) is 5.91 Å². The number of para-hydroxylation sites is 1. The largest absolute Gasteiger partial charge is 0.368 e. The predicted molar refractivity (Wildman–Crippen MR) is 121 cm³/mol. The lowest BCUT2D eigenvalue weighted by molar-refractivity contribution is -0.131. The van der Waals surface area contributed by atoms with E-state index in [2.05, 4.69) is 55.0 Å². The van der Waals surface area contributed by atoms with Crippen LogP contribution in [0.15, 0.2) is 36.5 Å². The number of benzene rings is 1. The van der Waals surface area contributed by atoms with Gasteiger partial charge in [0.1, 0.15) is 0 Å². The summed E-state index contributed by atoms with van der Waals surface area (Å²) in [5.74, 6) is 0.236. The number of aryl methyl sites for hydroxylation is 2. The van der Waals surface area contributed by atoms with Gasteiger partial charge in [-0.05, 0) is 57.4 Å². The summed E-state index contributed by atoms with van der Waals surface area (Å²) < 4.78 is 1.97. The molecule has 30 heavy (non-hydrogen) atoms. The number of fused-ring (bicyclic) bond motifs is 1. The van der Waals surface area contributed by atoms with Crippen molar-refractivity contribution in [2.75, 3.05) is 31.1 Å². The highest BCUT2D eigenvalue weighted by Gasteiger charge is 2.22. The Morgan fingerprint density at radius 1 is 1.07 bits per heavy atom. The first-order valence-corrected chi connectivity index (χ1v) is 10.9. The molecule has 3 aromatic rings. The summed E-state index contributed by atoms with van der Waals surface area (Å²) in [6.45, 7) is 11.7. The van der Waals surface area contributed by atoms with Gasteiger partial charge in [0.25, 0.3) is 0 Å². The Kier molecular flexibility index (Phi) is 5.75. The van der Waals surface area contributed by atoms with Gasteiger partial charge >= 0.3 is 0 Å². The summed E-state index contributed by atoms with van der Waals surface area (Å²) >= 11 is 0. The maximum atomic E-state index is 12.9. The van der Waals surface area contributed by atoms with Crippen LogP contribution in [0.5, 0.6) is 0 Å². The Labute approximate surface area is 178 Å². The molecule has 0 bridgehead atoms. The SMILES string of the molecule is Cc1nc2c(cnn2C(C)C)c(C)c1CCC(=O)N1CCN(c2ccccc2)CC1. The highest BCUT2D eigenvalue weighted by molar-refractivity contribution is 5.81. The fourth-order valence-corrected chi connectivity index (χ4v) is 4.38. The van der Waals surface area contributed by atoms with Gasteiger partial charge in [-0.2, -0.15) is 5.10 Å². The van der Waals surface area contributed by atoms with E-state index in [1.165, 1.54) is 16.8 Å². The molecule has 0 unspecified atom stereocenters. The molecule has 6 nitrogen and oxygen atoms in total. The van der Waals surface area contributed by atoms with Crippen LogP contribution in [0.3, 0.4) is 0 Å². The number of hydrogen-bond donors (Lipinski definition) is 0. The fraction of sp³-hybridized carbons (Fsp3) is 0.458. The summed E-state index contributed by atoms with van der Waals surface area (Å²) in [4.78, 5) is 22.0. The van der Waals surface area contributed by atoms with Gasteiger partial charge in [0.15, 0.2) is 5.65 Å². The lowest BCUT2D eigenvalue weighted by atomic mass is 10.00. The van der Waals surface area contributed by atoms with Crippen molar-refractivity contribution in [1.82, 2.24) is 19.7 Å². The van der Waals surface area contributed by atoms with Crippen LogP contribution in [-0.4, -0.2) is 51.8 Å². The molecule has 0 atom stereocenters. The van der Waals surface area contributed by atoms with E-state index in [9.17, 15) is 4.79 Å². The van der Waals surface area contributed by atoms with Gasteiger partial charge in [0.05, 0.1) is 6.20 Å². The second-order valence-corrected chi connectivity index (χ2v) is 8.42. The third kappa shape index (κ3) is 3.91. The highest BCUT2D eigenvalue weighted by Crippen LogP contribution is 2.25. The summed E-state index contributed by atoms with van der Waals surface area (Å²) in [5.41, 5.74) is 5.56. The van der Waals surface area contributed by atoms with E-state index >= 15 is 0 Å². The molecule has 1 saturated heterocycles. The van der Waals surface area contributed by atoms with E-state index in [0.717, 1.165) is 49.3 Å². The van der Waals surface area contributed by atoms with Crippen LogP contribution in [0.1, 0.15) is 43.1 Å². The van der Waals surface area contributed by atoms with E-state index in [-0.39, 0.29) is 11.9 Å². The highest BCUT2D eigenvalue weighted by atomic mass is 16.2. The number of carbonyl (C=O) groups excluding carboxylic acids is 1. The van der Waals surface area contributed by atoms with Crippen LogP contribution in [0.2, 0.25) is 0 Å². The standard InChI is InChI=1S/C24H31N5O/c1-17(2)29-24-22(16-25-29)18(3)21(19(4)26-24)10-11-23(30)28-14-12-27(13-15-28)20-8-6-5-7-9-20/h5-9,16-17H,10-15H2,1-4H3. The molecule has 0 N–H and O–H groups in total. The lowest BCUT2D eigenvalue weighted by Crippen LogP contribution is -2.48. The van der Waals surface area contributed by atoms with Crippen molar-refractivity contribution in [2.24, 2.45) is 0 Å². The van der Waals surface area contributed by atoms with Crippen molar-refractivity contribution in [3.63, 3.8) is 0 Å². The van der Waals surface area contributed by atoms with Crippen LogP contribution < -0.4 is 4.90 Å². The molecule has 1 aliphatic heterocycles. The fourth-order valence-electron chi connectivity index (χ4n) is 4.38. The van der Waals surface area contributed by atoms with Gasteiger partial charge in [-0.3, -0.25) is 4.79 Å². The van der Waals surface area contributed by atoms with E-state index in [1.54, 1.807) is 0 Å². The average Bonchev–Trinajstić information content (AvgIpc) is 3.18. The minimum atomic E-state index is 0.236. The lowest BCUT2D eigenvalue weighted by Gasteiger charge is -2.36. The number of nitrogens with zero attached hydrogens (tertiary/aromatic N) is 5. The Bertz CT molecular complexity index is 1030. The third-order valence-electron chi connectivity index (χ3n) is 6.17. The zero-order valence-electron chi connectivity index (χ0n) is 18.4. The summed E-state index contributed by atoms with van der Waals surface area (Å²) in [7, 11) is 0. The first-order valence-electron chi connectivity index (χ1n) is 10.9. The van der Waals surface area contributed by atoms with Crippen LogP contribution in [0, 0.1) is 13.8 Å². The number of pyridine rings is 1. The van der Waals surface area contributed by atoms with E-state index < -0.39 is 0 Å². The van der Waals surface area contributed by atoms with Crippen molar-refractivity contribution in [3.05, 3.63) is 53.3 Å². The van der Waals surface area contributed by atoms with Gasteiger partial charge in [0, 0.05) is 55.4 Å². The molecular weight excluding hydrogens is 374 g/mol. The van der Waals surface area contributed by atoms with Crippen molar-refractivity contribution in [3.8, 4) is 0 Å². The second-order valence-electron chi connectivity index (χ2n) is 8.42. The van der Waals surface area contributed by atoms with Crippen LogP contribution in [-0.2, 0) is 11.2 Å². The van der Waals surface area contributed by atoms with Crippen LogP contribution in [0.4, 0.5) is 5.69 Å². The van der Waals surface area contributed by atoms with Crippen LogP contribution >= 0.6 is 0 Å². The van der Waals surface area contributed by atoms with E-state index in [0.29, 0.717) is 6.42 Å². The third-order valence-corrected chi connectivity index (χ3v) is 6.17. The molecule has 3 heterocycles. The van der Waals surface area contributed by atoms with Gasteiger partial charge < -0.3 is 9.80 Å². The predicted octanol–water partition coefficient (Wildman–Crippen LogP) is 3.91. The molecular formula is C24H31N5O. The molecule has 1 amide bonds. The molecule has 1 fully saturated rings. The zero-order chi connectivity index (χ0) is 21.3. The first-order chi connectivity index (χ1) is 14.5. The molecule has 0 aliphatic carbocycles. The van der Waals surface area contributed by atoms with Crippen molar-refractivity contribution in [2.45, 2.75) is 46.6 Å². The summed E-state index contributed by atoms with van der Waals surface area (Å²) in [6, 6.07) is 10.7. The van der Waals surface area contributed by atoms with E-state index in [4.69, 9.17) is 4.98 Å². The molecule has 4 rings (SSSR count). The quantitative estimate of drug-likeness (QED) is 0.646. The number of hydrogen-bond acceptors (Lipinski definition) is 4. The molecule has 0 radical (unpaired) electrons. The Balaban J connectivity index is 1.40. The van der Waals surface area contributed by atoms with Gasteiger partial charge in [-0.15, -0.1) is 0 Å². The number of carbonyl (C=O) groups is 1. The average molecular weight is 406 g/mol. The molecule has 0 saturated carbocycles. The van der Waals surface area contributed by atoms with Crippen LogP contribution in [0.25, 0.3) is 11.0 Å².